The summed E-state index contributed by atoms with van der Waals surface area (Å²) in [6, 6.07) is 8.57. The number of fused-ring (bicyclic) bond motifs is 2. The van der Waals surface area contributed by atoms with Crippen LogP contribution in [0.1, 0.15) is 47.7 Å². The van der Waals surface area contributed by atoms with Crippen LogP contribution in [0.4, 0.5) is 0 Å². The summed E-state index contributed by atoms with van der Waals surface area (Å²) < 4.78 is 3.20. The van der Waals surface area contributed by atoms with E-state index in [2.05, 4.69) is 48.2 Å². The van der Waals surface area contributed by atoms with Gasteiger partial charge in [-0.05, 0) is 82.4 Å². The van der Waals surface area contributed by atoms with E-state index in [4.69, 9.17) is 21.7 Å². The molecular weight excluding hydrogens is 534 g/mol. The Labute approximate surface area is 219 Å². The lowest BCUT2D eigenvalue weighted by Gasteiger charge is -2.40. The molecule has 1 amide bonds. The van der Waals surface area contributed by atoms with Crippen LogP contribution in [0.15, 0.2) is 34.9 Å². The average Bonchev–Trinajstić information content (AvgIpc) is 3.01. The van der Waals surface area contributed by atoms with Crippen molar-refractivity contribution in [3.63, 3.8) is 0 Å². The van der Waals surface area contributed by atoms with Crippen LogP contribution in [-0.2, 0) is 17.6 Å². The van der Waals surface area contributed by atoms with Crippen molar-refractivity contribution in [1.29, 1.82) is 0 Å². The lowest BCUT2D eigenvalue weighted by molar-refractivity contribution is -0.134. The van der Waals surface area contributed by atoms with Gasteiger partial charge in [-0.3, -0.25) is 19.8 Å². The summed E-state index contributed by atoms with van der Waals surface area (Å²) in [5.74, 6) is 0.774. The molecular formula is C25H31BrClN5OS. The predicted octanol–water partition coefficient (Wildman–Crippen LogP) is 4.45. The third-order valence-corrected chi connectivity index (χ3v) is 8.84. The molecule has 34 heavy (non-hydrogen) atoms. The molecule has 1 unspecified atom stereocenters. The van der Waals surface area contributed by atoms with Gasteiger partial charge in [0.2, 0.25) is 5.91 Å². The molecule has 1 aromatic carbocycles. The minimum atomic E-state index is 0.0909. The lowest BCUT2D eigenvalue weighted by atomic mass is 9.93. The molecule has 2 N–H and O–H groups in total. The molecule has 1 aliphatic carbocycles. The number of carbonyl (C=O) groups is 1. The highest BCUT2D eigenvalue weighted by molar-refractivity contribution is 9.10. The van der Waals surface area contributed by atoms with Gasteiger partial charge in [0.1, 0.15) is 0 Å². The second-order valence-corrected chi connectivity index (χ2v) is 11.6. The van der Waals surface area contributed by atoms with Crippen molar-refractivity contribution in [2.24, 2.45) is 11.1 Å². The summed E-state index contributed by atoms with van der Waals surface area (Å²) in [4.78, 5) is 22.5. The van der Waals surface area contributed by atoms with E-state index >= 15 is 0 Å². The van der Waals surface area contributed by atoms with Gasteiger partial charge in [-0.2, -0.15) is 0 Å². The van der Waals surface area contributed by atoms with Crippen molar-refractivity contribution < 1.29 is 4.79 Å². The lowest BCUT2D eigenvalue weighted by Crippen LogP contribution is -2.50. The van der Waals surface area contributed by atoms with Gasteiger partial charge in [0.25, 0.3) is 0 Å². The molecule has 3 heterocycles. The van der Waals surface area contributed by atoms with Crippen LogP contribution in [0, 0.1) is 5.92 Å². The molecule has 2 fully saturated rings. The van der Waals surface area contributed by atoms with Crippen LogP contribution in [0.2, 0.25) is 5.02 Å². The quantitative estimate of drug-likeness (QED) is 0.554. The molecule has 182 valence electrons. The maximum Gasteiger partial charge on any atom is 0.222 e. The number of pyridine rings is 1. The van der Waals surface area contributed by atoms with Crippen molar-refractivity contribution in [2.75, 3.05) is 39.3 Å². The molecule has 6 nitrogen and oxygen atoms in total. The highest BCUT2D eigenvalue weighted by atomic mass is 79.9. The number of hydrogen-bond acceptors (Lipinski definition) is 6. The van der Waals surface area contributed by atoms with E-state index in [1.165, 1.54) is 28.8 Å². The Balaban J connectivity index is 1.29. The zero-order chi connectivity index (χ0) is 23.7. The maximum atomic E-state index is 13.1. The molecule has 0 radical (unpaired) electrons. The van der Waals surface area contributed by atoms with E-state index in [-0.39, 0.29) is 6.04 Å². The molecule has 0 saturated carbocycles. The molecule has 1 atom stereocenters. The Bertz CT molecular complexity index is 986. The van der Waals surface area contributed by atoms with E-state index in [0.29, 0.717) is 18.2 Å². The third-order valence-electron chi connectivity index (χ3n) is 7.51. The molecule has 3 aliphatic rings. The average molecular weight is 565 g/mol. The number of aromatic nitrogens is 1. The minimum Gasteiger partial charge on any atom is -0.340 e. The molecule has 9 heteroatoms. The van der Waals surface area contributed by atoms with Crippen LogP contribution in [0.25, 0.3) is 0 Å². The van der Waals surface area contributed by atoms with Crippen molar-refractivity contribution in [2.45, 2.75) is 38.1 Å². The fraction of sp³-hybridized carbons (Fsp3) is 0.520. The maximum absolute atomic E-state index is 13.1. The summed E-state index contributed by atoms with van der Waals surface area (Å²) in [7, 11) is 0. The van der Waals surface area contributed by atoms with Gasteiger partial charge in [0.05, 0.1) is 11.7 Å². The van der Waals surface area contributed by atoms with Crippen LogP contribution in [0.3, 0.4) is 0 Å². The predicted molar refractivity (Wildman–Crippen MR) is 141 cm³/mol. The van der Waals surface area contributed by atoms with E-state index in [9.17, 15) is 4.79 Å². The molecule has 1 aromatic heterocycles. The van der Waals surface area contributed by atoms with Gasteiger partial charge in [-0.15, -0.1) is 0 Å². The monoisotopic (exact) mass is 563 g/mol. The van der Waals surface area contributed by atoms with Gasteiger partial charge >= 0.3 is 0 Å². The summed E-state index contributed by atoms with van der Waals surface area (Å²) in [6.07, 6.45) is 6.57. The normalized spacial score (nSPS) is 22.2. The van der Waals surface area contributed by atoms with E-state index in [0.717, 1.165) is 80.1 Å². The number of benzene rings is 1. The number of carbonyl (C=O) groups excluding carboxylic acids is 1. The van der Waals surface area contributed by atoms with Crippen molar-refractivity contribution in [3.8, 4) is 0 Å². The number of piperidine rings is 1. The SMILES string of the molecule is NSN1CCC(CC(=O)N2CCN(C3c4ccc(Cl)cc4CCc4cc(Br)cnc43)CC2)CC1. The number of amides is 1. The number of hydrogen-bond donors (Lipinski definition) is 1. The first-order valence-corrected chi connectivity index (χ1v) is 14.1. The Hall–Kier alpha value is -1.16. The van der Waals surface area contributed by atoms with Gasteiger partial charge in [-0.25, -0.2) is 4.31 Å². The second kappa shape index (κ2) is 10.8. The van der Waals surface area contributed by atoms with E-state index in [1.54, 1.807) is 0 Å². The standard InChI is InChI=1S/C25H31BrClN5OS/c26-20-14-19-2-1-18-15-21(27)3-4-22(18)25(24(19)29-16-20)31-11-9-30(10-12-31)23(33)13-17-5-7-32(34-28)8-6-17/h3-4,14-17,25H,1-2,5-13,28H2. The largest absolute Gasteiger partial charge is 0.340 e. The highest BCUT2D eigenvalue weighted by Gasteiger charge is 2.34. The van der Waals surface area contributed by atoms with Gasteiger partial charge < -0.3 is 4.90 Å². The van der Waals surface area contributed by atoms with Crippen LogP contribution < -0.4 is 5.14 Å². The fourth-order valence-electron chi connectivity index (χ4n) is 5.61. The topological polar surface area (TPSA) is 65.7 Å². The summed E-state index contributed by atoms with van der Waals surface area (Å²) in [6.45, 7) is 5.17. The molecule has 2 aliphatic heterocycles. The number of nitrogens with two attached hydrogens (primary N) is 1. The molecule has 5 rings (SSSR count). The number of piperazine rings is 1. The molecule has 2 aromatic rings. The zero-order valence-corrected chi connectivity index (χ0v) is 22.4. The number of halogens is 2. The smallest absolute Gasteiger partial charge is 0.222 e. The Kier molecular flexibility index (Phi) is 7.83. The highest BCUT2D eigenvalue weighted by Crippen LogP contribution is 2.38. The number of aryl methyl sites for hydroxylation is 2. The Morgan fingerprint density at radius 1 is 1.09 bits per heavy atom. The zero-order valence-electron chi connectivity index (χ0n) is 19.3. The van der Waals surface area contributed by atoms with E-state index in [1.807, 2.05) is 12.3 Å². The van der Waals surface area contributed by atoms with E-state index < -0.39 is 0 Å². The Morgan fingerprint density at radius 2 is 1.82 bits per heavy atom. The van der Waals surface area contributed by atoms with Crippen LogP contribution >= 0.6 is 39.7 Å². The van der Waals surface area contributed by atoms with Gasteiger partial charge in [0.15, 0.2) is 0 Å². The van der Waals surface area contributed by atoms with Crippen LogP contribution in [-0.4, -0.2) is 64.3 Å². The summed E-state index contributed by atoms with van der Waals surface area (Å²) in [5.41, 5.74) is 5.01. The second-order valence-electron chi connectivity index (χ2n) is 9.54. The van der Waals surface area contributed by atoms with Crippen molar-refractivity contribution >= 4 is 45.6 Å². The number of nitrogens with zero attached hydrogens (tertiary/aromatic N) is 4. The first-order valence-electron chi connectivity index (χ1n) is 12.1. The molecule has 2 saturated heterocycles. The molecule has 0 bridgehead atoms. The number of rotatable bonds is 4. The van der Waals surface area contributed by atoms with Crippen LogP contribution in [0.5, 0.6) is 0 Å². The van der Waals surface area contributed by atoms with Crippen molar-refractivity contribution in [1.82, 2.24) is 19.1 Å². The first-order chi connectivity index (χ1) is 16.5. The summed E-state index contributed by atoms with van der Waals surface area (Å²) in [5, 5.41) is 6.46. The van der Waals surface area contributed by atoms with Gasteiger partial charge in [0, 0.05) is 73.5 Å². The fourth-order valence-corrected chi connectivity index (χ4v) is 6.60. The third kappa shape index (κ3) is 5.32. The molecule has 0 spiro atoms. The Morgan fingerprint density at radius 3 is 2.56 bits per heavy atom. The minimum absolute atomic E-state index is 0.0909. The van der Waals surface area contributed by atoms with Gasteiger partial charge in [-0.1, -0.05) is 17.7 Å². The first kappa shape index (κ1) is 24.5. The van der Waals surface area contributed by atoms with Crippen molar-refractivity contribution in [3.05, 3.63) is 62.3 Å². The summed E-state index contributed by atoms with van der Waals surface area (Å²) >= 11 is 11.3.